The molecule has 0 aliphatic carbocycles. The molecule has 1 aromatic carbocycles. The lowest BCUT2D eigenvalue weighted by atomic mass is 10.3. The highest BCUT2D eigenvalue weighted by atomic mass is 35.5. The third-order valence-electron chi connectivity index (χ3n) is 2.49. The summed E-state index contributed by atoms with van der Waals surface area (Å²) < 4.78 is 15.0. The molecular weight excluding hydrogens is 305 g/mol. The van der Waals surface area contributed by atoms with Crippen molar-refractivity contribution < 1.29 is 14.3 Å². The second-order valence-corrected chi connectivity index (χ2v) is 5.22. The maximum Gasteiger partial charge on any atom is 0.313 e. The van der Waals surface area contributed by atoms with Crippen LogP contribution >= 0.6 is 23.4 Å². The summed E-state index contributed by atoms with van der Waals surface area (Å²) in [5.74, 6) is -0.970. The molecular formula is C12H11ClFN3O2S. The number of aromatic nitrogens is 3. The first-order valence-electron chi connectivity index (χ1n) is 5.77. The number of nitrogens with zero attached hydrogens (tertiary/aromatic N) is 3. The molecule has 20 heavy (non-hydrogen) atoms. The van der Waals surface area contributed by atoms with E-state index in [9.17, 15) is 9.18 Å². The topological polar surface area (TPSA) is 68.0 Å². The van der Waals surface area contributed by atoms with Crippen LogP contribution in [0.4, 0.5) is 4.39 Å². The predicted octanol–water partition coefficient (Wildman–Crippen LogP) is 2.80. The van der Waals surface area contributed by atoms with Gasteiger partial charge in [-0.05, 0) is 18.2 Å². The third kappa shape index (κ3) is 3.10. The van der Waals surface area contributed by atoms with Gasteiger partial charge in [-0.2, -0.15) is 0 Å². The number of hydrogen-bond acceptors (Lipinski definition) is 4. The Kier molecular flexibility index (Phi) is 4.61. The Bertz CT molecular complexity index is 648. The lowest BCUT2D eigenvalue weighted by Gasteiger charge is -2.10. The van der Waals surface area contributed by atoms with Crippen LogP contribution in [0.5, 0.6) is 0 Å². The zero-order chi connectivity index (χ0) is 14.7. The van der Waals surface area contributed by atoms with E-state index in [0.29, 0.717) is 28.1 Å². The smallest absolute Gasteiger partial charge is 0.313 e. The van der Waals surface area contributed by atoms with E-state index < -0.39 is 11.8 Å². The first-order valence-corrected chi connectivity index (χ1v) is 7.13. The number of rotatable bonds is 5. The summed E-state index contributed by atoms with van der Waals surface area (Å²) in [7, 11) is 0. The second-order valence-electron chi connectivity index (χ2n) is 3.87. The van der Waals surface area contributed by atoms with Crippen LogP contribution in [0.25, 0.3) is 5.69 Å². The number of carbonyl (C=O) groups is 1. The Morgan fingerprint density at radius 1 is 1.50 bits per heavy atom. The summed E-state index contributed by atoms with van der Waals surface area (Å²) in [6, 6.07) is 3.97. The van der Waals surface area contributed by atoms with E-state index in [4.69, 9.17) is 16.7 Å². The van der Waals surface area contributed by atoms with Crippen LogP contribution < -0.4 is 0 Å². The average Bonchev–Trinajstić information content (AvgIpc) is 2.82. The van der Waals surface area contributed by atoms with Crippen molar-refractivity contribution in [3.63, 3.8) is 0 Å². The van der Waals surface area contributed by atoms with Crippen LogP contribution in [-0.4, -0.2) is 31.6 Å². The number of carboxylic acid groups (broad SMARTS) is 1. The summed E-state index contributed by atoms with van der Waals surface area (Å²) in [5, 5.41) is 17.4. The number of carboxylic acids is 1. The van der Waals surface area contributed by atoms with E-state index in [-0.39, 0.29) is 5.75 Å². The third-order valence-corrected chi connectivity index (χ3v) is 3.72. The lowest BCUT2D eigenvalue weighted by molar-refractivity contribution is -0.133. The lowest BCUT2D eigenvalue weighted by Crippen LogP contribution is -2.05. The normalized spacial score (nSPS) is 10.8. The van der Waals surface area contributed by atoms with Gasteiger partial charge in [0.2, 0.25) is 0 Å². The summed E-state index contributed by atoms with van der Waals surface area (Å²) in [5.41, 5.74) is 0.404. The average molecular weight is 316 g/mol. The van der Waals surface area contributed by atoms with E-state index in [1.54, 1.807) is 4.57 Å². The van der Waals surface area contributed by atoms with Crippen molar-refractivity contribution in [3.05, 3.63) is 34.9 Å². The highest BCUT2D eigenvalue weighted by Gasteiger charge is 2.17. The largest absolute Gasteiger partial charge is 0.481 e. The van der Waals surface area contributed by atoms with Crippen molar-refractivity contribution in [2.45, 2.75) is 18.5 Å². The predicted molar refractivity (Wildman–Crippen MR) is 74.1 cm³/mol. The summed E-state index contributed by atoms with van der Waals surface area (Å²) in [4.78, 5) is 10.7. The molecule has 0 unspecified atom stereocenters. The van der Waals surface area contributed by atoms with Crippen molar-refractivity contribution in [2.24, 2.45) is 0 Å². The zero-order valence-electron chi connectivity index (χ0n) is 10.5. The molecule has 0 saturated heterocycles. The van der Waals surface area contributed by atoms with E-state index >= 15 is 0 Å². The molecule has 1 heterocycles. The first-order chi connectivity index (χ1) is 9.52. The minimum Gasteiger partial charge on any atom is -0.481 e. The monoisotopic (exact) mass is 315 g/mol. The molecule has 0 atom stereocenters. The number of halogens is 2. The minimum atomic E-state index is -0.965. The van der Waals surface area contributed by atoms with Crippen LogP contribution in [0, 0.1) is 5.82 Å². The number of aryl methyl sites for hydroxylation is 1. The van der Waals surface area contributed by atoms with Gasteiger partial charge < -0.3 is 5.11 Å². The summed E-state index contributed by atoms with van der Waals surface area (Å²) in [6.45, 7) is 1.87. The fourth-order valence-electron chi connectivity index (χ4n) is 1.65. The van der Waals surface area contributed by atoms with Gasteiger partial charge in [-0.1, -0.05) is 30.3 Å². The van der Waals surface area contributed by atoms with E-state index in [1.165, 1.54) is 18.2 Å². The quantitative estimate of drug-likeness (QED) is 0.859. The molecule has 0 aliphatic heterocycles. The van der Waals surface area contributed by atoms with Gasteiger partial charge in [-0.3, -0.25) is 9.36 Å². The minimum absolute atomic E-state index is 0.158. The number of thioether (sulfide) groups is 1. The van der Waals surface area contributed by atoms with Gasteiger partial charge in [0.05, 0.1) is 16.5 Å². The Morgan fingerprint density at radius 2 is 2.25 bits per heavy atom. The molecule has 0 spiro atoms. The second kappa shape index (κ2) is 6.23. The molecule has 8 heteroatoms. The Hall–Kier alpha value is -1.60. The SMILES string of the molecule is CCc1nnc(SCC(=O)O)n1-c1cc(F)ccc1Cl. The molecule has 0 amide bonds. The maximum absolute atomic E-state index is 13.4. The Labute approximate surface area is 123 Å². The van der Waals surface area contributed by atoms with Crippen molar-refractivity contribution in [3.8, 4) is 5.69 Å². The molecule has 0 radical (unpaired) electrons. The van der Waals surface area contributed by atoms with Crippen molar-refractivity contribution >= 4 is 29.3 Å². The van der Waals surface area contributed by atoms with Gasteiger partial charge in [0.15, 0.2) is 5.16 Å². The Morgan fingerprint density at radius 3 is 2.90 bits per heavy atom. The fourth-order valence-corrected chi connectivity index (χ4v) is 2.53. The van der Waals surface area contributed by atoms with Crippen LogP contribution in [0.2, 0.25) is 5.02 Å². The molecule has 106 valence electrons. The summed E-state index contributed by atoms with van der Waals surface area (Å²) in [6.07, 6.45) is 0.563. The van der Waals surface area contributed by atoms with Gasteiger partial charge in [0, 0.05) is 6.42 Å². The van der Waals surface area contributed by atoms with Gasteiger partial charge in [0.25, 0.3) is 0 Å². The zero-order valence-corrected chi connectivity index (χ0v) is 12.1. The van der Waals surface area contributed by atoms with E-state index in [2.05, 4.69) is 10.2 Å². The van der Waals surface area contributed by atoms with Crippen LogP contribution in [-0.2, 0) is 11.2 Å². The van der Waals surface area contributed by atoms with E-state index in [0.717, 1.165) is 11.8 Å². The van der Waals surface area contributed by atoms with Gasteiger partial charge in [-0.25, -0.2) is 4.39 Å². The molecule has 2 aromatic rings. The maximum atomic E-state index is 13.4. The van der Waals surface area contributed by atoms with Gasteiger partial charge in [-0.15, -0.1) is 10.2 Å². The molecule has 2 rings (SSSR count). The molecule has 1 aromatic heterocycles. The molecule has 0 fully saturated rings. The highest BCUT2D eigenvalue weighted by Crippen LogP contribution is 2.28. The molecule has 0 bridgehead atoms. The van der Waals surface area contributed by atoms with Crippen molar-refractivity contribution in [1.82, 2.24) is 14.8 Å². The van der Waals surface area contributed by atoms with Crippen LogP contribution in [0.1, 0.15) is 12.7 Å². The standard InChI is InChI=1S/C12H11ClFN3O2S/c1-2-10-15-16-12(20-6-11(18)19)17(10)9-5-7(14)3-4-8(9)13/h3-5H,2,6H2,1H3,(H,18,19). The first kappa shape index (κ1) is 14.8. The molecule has 1 N–H and O–H groups in total. The molecule has 5 nitrogen and oxygen atoms in total. The number of benzene rings is 1. The number of aliphatic carboxylic acids is 1. The van der Waals surface area contributed by atoms with E-state index in [1.807, 2.05) is 6.92 Å². The highest BCUT2D eigenvalue weighted by molar-refractivity contribution is 7.99. The molecule has 0 aliphatic rings. The summed E-state index contributed by atoms with van der Waals surface area (Å²) >= 11 is 7.09. The van der Waals surface area contributed by atoms with Crippen molar-refractivity contribution in [2.75, 3.05) is 5.75 Å². The number of hydrogen-bond donors (Lipinski definition) is 1. The van der Waals surface area contributed by atoms with Gasteiger partial charge >= 0.3 is 5.97 Å². The Balaban J connectivity index is 2.50. The van der Waals surface area contributed by atoms with Gasteiger partial charge in [0.1, 0.15) is 11.6 Å². The van der Waals surface area contributed by atoms with Crippen LogP contribution in [0.15, 0.2) is 23.4 Å². The van der Waals surface area contributed by atoms with Crippen molar-refractivity contribution in [1.29, 1.82) is 0 Å². The van der Waals surface area contributed by atoms with Crippen LogP contribution in [0.3, 0.4) is 0 Å². The molecule has 0 saturated carbocycles. The fraction of sp³-hybridized carbons (Fsp3) is 0.250.